The van der Waals surface area contributed by atoms with Crippen LogP contribution in [0.4, 0.5) is 0 Å². The van der Waals surface area contributed by atoms with Crippen LogP contribution < -0.4 is 0 Å². The van der Waals surface area contributed by atoms with E-state index in [1.165, 1.54) is 0 Å². The Morgan fingerprint density at radius 2 is 2.27 bits per heavy atom. The van der Waals surface area contributed by atoms with E-state index in [2.05, 4.69) is 40.6 Å². The lowest BCUT2D eigenvalue weighted by Crippen LogP contribution is -2.07. The first-order valence-corrected chi connectivity index (χ1v) is 7.22. The van der Waals surface area contributed by atoms with Gasteiger partial charge < -0.3 is 4.98 Å². The van der Waals surface area contributed by atoms with Crippen molar-refractivity contribution in [2.75, 3.05) is 0 Å². The predicted octanol–water partition coefficient (Wildman–Crippen LogP) is 3.81. The number of allylic oxidation sites excluding steroid dienone is 2. The van der Waals surface area contributed by atoms with E-state index in [1.807, 2.05) is 18.5 Å². The van der Waals surface area contributed by atoms with Gasteiger partial charge in [-0.05, 0) is 24.7 Å². The molecular formula is C17H19N5. The third-order valence-electron chi connectivity index (χ3n) is 3.39. The first-order chi connectivity index (χ1) is 10.4. The van der Waals surface area contributed by atoms with Crippen LogP contribution >= 0.6 is 0 Å². The average Bonchev–Trinajstić information content (AvgIpc) is 2.88. The molecule has 0 aliphatic heterocycles. The highest BCUT2D eigenvalue weighted by Gasteiger charge is 2.12. The highest BCUT2D eigenvalue weighted by molar-refractivity contribution is 5.75. The van der Waals surface area contributed by atoms with Gasteiger partial charge in [0.2, 0.25) is 0 Å². The number of fused-ring (bicyclic) bond motifs is 1. The van der Waals surface area contributed by atoms with E-state index in [1.54, 1.807) is 6.08 Å². The van der Waals surface area contributed by atoms with Crippen LogP contribution in [-0.4, -0.2) is 15.0 Å². The van der Waals surface area contributed by atoms with Crippen LogP contribution in [0, 0.1) is 23.3 Å². The largest absolute Gasteiger partial charge is 0.345 e. The number of nitrogens with one attached hydrogen (secondary N) is 1. The van der Waals surface area contributed by atoms with Crippen molar-refractivity contribution >= 4 is 11.2 Å². The molecule has 0 unspecified atom stereocenters. The van der Waals surface area contributed by atoms with Gasteiger partial charge in [-0.2, -0.15) is 0 Å². The van der Waals surface area contributed by atoms with Gasteiger partial charge in [0.1, 0.15) is 5.52 Å². The zero-order valence-electron chi connectivity index (χ0n) is 13.1. The summed E-state index contributed by atoms with van der Waals surface area (Å²) in [6.07, 6.45) is 7.71. The minimum absolute atomic E-state index is 0.103. The van der Waals surface area contributed by atoms with E-state index in [0.29, 0.717) is 6.42 Å². The minimum atomic E-state index is 0.103. The molecule has 5 nitrogen and oxygen atoms in total. The number of H-pyrrole nitrogens is 1. The maximum absolute atomic E-state index is 8.79. The molecule has 0 aliphatic rings. The Balaban J connectivity index is 2.24. The molecule has 2 heterocycles. The van der Waals surface area contributed by atoms with Gasteiger partial charge in [-0.15, -0.1) is 0 Å². The molecule has 112 valence electrons. The highest BCUT2D eigenvalue weighted by atomic mass is 14.9. The highest BCUT2D eigenvalue weighted by Crippen LogP contribution is 2.22. The Morgan fingerprint density at radius 3 is 2.91 bits per heavy atom. The van der Waals surface area contributed by atoms with Gasteiger partial charge in [0.15, 0.2) is 5.65 Å². The van der Waals surface area contributed by atoms with Crippen molar-refractivity contribution in [3.8, 4) is 6.07 Å². The van der Waals surface area contributed by atoms with Crippen LogP contribution in [0.5, 0.6) is 0 Å². The number of hydrogen-bond donors (Lipinski definition) is 1. The SMILES string of the molecule is [C-]#[N+]/C(C#N)=C\Cc1c[nH]c2ncc(CCC(C)(C)C)nc12. The van der Waals surface area contributed by atoms with Gasteiger partial charge in [0, 0.05) is 11.8 Å². The number of nitrogens with zero attached hydrogens (tertiary/aromatic N) is 4. The molecule has 0 radical (unpaired) electrons. The molecule has 0 amide bonds. The monoisotopic (exact) mass is 293 g/mol. The molecule has 0 saturated heterocycles. The average molecular weight is 293 g/mol. The summed E-state index contributed by atoms with van der Waals surface area (Å²) in [6.45, 7) is 13.5. The van der Waals surface area contributed by atoms with Crippen LogP contribution in [0.1, 0.15) is 38.4 Å². The van der Waals surface area contributed by atoms with Crippen molar-refractivity contribution < 1.29 is 0 Å². The third kappa shape index (κ3) is 3.93. The number of nitriles is 1. The van der Waals surface area contributed by atoms with Crippen molar-refractivity contribution in [1.29, 1.82) is 5.26 Å². The van der Waals surface area contributed by atoms with Crippen LogP contribution in [0.2, 0.25) is 0 Å². The van der Waals surface area contributed by atoms with Crippen molar-refractivity contribution in [3.05, 3.63) is 46.8 Å². The van der Waals surface area contributed by atoms with Crippen molar-refractivity contribution in [2.24, 2.45) is 5.41 Å². The quantitative estimate of drug-likeness (QED) is 0.688. The summed E-state index contributed by atoms with van der Waals surface area (Å²) in [5, 5.41) is 8.79. The summed E-state index contributed by atoms with van der Waals surface area (Å²) >= 11 is 0. The maximum Gasteiger partial charge on any atom is 0.258 e. The van der Waals surface area contributed by atoms with Gasteiger partial charge in [-0.3, -0.25) is 0 Å². The van der Waals surface area contributed by atoms with Gasteiger partial charge in [0.25, 0.3) is 5.70 Å². The van der Waals surface area contributed by atoms with Crippen LogP contribution in [0.25, 0.3) is 16.0 Å². The molecule has 0 aromatic carbocycles. The minimum Gasteiger partial charge on any atom is -0.345 e. The standard InChI is InChI=1S/C17H19N5/c1-17(2,3)8-7-14-11-21-16-15(22-14)12(10-20-16)5-6-13(9-18)19-4/h6,10-11H,5,7-8H2,1-3H3,(H,20,21)/b13-6-. The molecule has 22 heavy (non-hydrogen) atoms. The van der Waals surface area contributed by atoms with Crippen molar-refractivity contribution in [2.45, 2.75) is 40.0 Å². The van der Waals surface area contributed by atoms with Crippen LogP contribution in [0.3, 0.4) is 0 Å². The van der Waals surface area contributed by atoms with E-state index in [0.717, 1.165) is 35.3 Å². The summed E-state index contributed by atoms with van der Waals surface area (Å²) in [7, 11) is 0. The topological polar surface area (TPSA) is 69.7 Å². The second-order valence-electron chi connectivity index (χ2n) is 6.45. The molecule has 2 aromatic heterocycles. The smallest absolute Gasteiger partial charge is 0.258 e. The molecule has 0 aliphatic carbocycles. The summed E-state index contributed by atoms with van der Waals surface area (Å²) in [4.78, 5) is 15.3. The number of rotatable bonds is 4. The lowest BCUT2D eigenvalue weighted by atomic mass is 9.90. The molecule has 1 N–H and O–H groups in total. The fraction of sp³-hybridized carbons (Fsp3) is 0.412. The number of aryl methyl sites for hydroxylation is 1. The summed E-state index contributed by atoms with van der Waals surface area (Å²) in [6, 6.07) is 1.87. The first-order valence-electron chi connectivity index (χ1n) is 7.22. The van der Waals surface area contributed by atoms with Gasteiger partial charge in [-0.25, -0.2) is 20.1 Å². The normalized spacial score (nSPS) is 12.1. The summed E-state index contributed by atoms with van der Waals surface area (Å²) in [5.74, 6) is 0. The number of aromatic amines is 1. The number of aromatic nitrogens is 3. The second kappa shape index (κ2) is 6.41. The van der Waals surface area contributed by atoms with Crippen LogP contribution in [0.15, 0.2) is 24.2 Å². The first kappa shape index (κ1) is 15.7. The fourth-order valence-corrected chi connectivity index (χ4v) is 2.08. The molecule has 2 aromatic rings. The fourth-order valence-electron chi connectivity index (χ4n) is 2.08. The lowest BCUT2D eigenvalue weighted by Gasteiger charge is -2.17. The molecule has 0 spiro atoms. The van der Waals surface area contributed by atoms with Gasteiger partial charge in [-0.1, -0.05) is 26.8 Å². The second-order valence-corrected chi connectivity index (χ2v) is 6.45. The Morgan fingerprint density at radius 1 is 1.50 bits per heavy atom. The Bertz CT molecular complexity index is 762. The van der Waals surface area contributed by atoms with E-state index in [9.17, 15) is 0 Å². The summed E-state index contributed by atoms with van der Waals surface area (Å²) < 4.78 is 0. The Hall–Kier alpha value is -2.66. The Kier molecular flexibility index (Phi) is 4.58. The lowest BCUT2D eigenvalue weighted by molar-refractivity contribution is 0.376. The molecule has 0 saturated carbocycles. The molecule has 0 bridgehead atoms. The van der Waals surface area contributed by atoms with Gasteiger partial charge >= 0.3 is 0 Å². The zero-order chi connectivity index (χ0) is 16.2. The zero-order valence-corrected chi connectivity index (χ0v) is 13.1. The third-order valence-corrected chi connectivity index (χ3v) is 3.39. The molecule has 5 heteroatoms. The number of hydrogen-bond acceptors (Lipinski definition) is 3. The van der Waals surface area contributed by atoms with E-state index >= 15 is 0 Å². The van der Waals surface area contributed by atoms with E-state index < -0.39 is 0 Å². The van der Waals surface area contributed by atoms with Crippen molar-refractivity contribution in [3.63, 3.8) is 0 Å². The molecule has 0 atom stereocenters. The Labute approximate surface area is 130 Å². The van der Waals surface area contributed by atoms with Gasteiger partial charge in [0.05, 0.1) is 24.5 Å². The van der Waals surface area contributed by atoms with E-state index in [4.69, 9.17) is 11.8 Å². The molecule has 0 fully saturated rings. The maximum atomic E-state index is 8.79. The van der Waals surface area contributed by atoms with Crippen molar-refractivity contribution in [1.82, 2.24) is 15.0 Å². The van der Waals surface area contributed by atoms with E-state index in [-0.39, 0.29) is 11.1 Å². The molecular weight excluding hydrogens is 274 g/mol. The van der Waals surface area contributed by atoms with Crippen LogP contribution in [-0.2, 0) is 12.8 Å². The molecule has 2 rings (SSSR count). The predicted molar refractivity (Wildman–Crippen MR) is 85.7 cm³/mol. The summed E-state index contributed by atoms with van der Waals surface area (Å²) in [5.41, 5.74) is 3.85.